The van der Waals surface area contributed by atoms with Crippen LogP contribution in [-0.4, -0.2) is 16.8 Å². The molecule has 1 fully saturated rings. The van der Waals surface area contributed by atoms with E-state index in [1.54, 1.807) is 0 Å². The molecule has 0 unspecified atom stereocenters. The lowest BCUT2D eigenvalue weighted by Gasteiger charge is -2.30. The first-order chi connectivity index (χ1) is 10.6. The molecule has 0 aliphatic heterocycles. The smallest absolute Gasteiger partial charge is 0.223 e. The molecule has 1 aromatic carbocycles. The molecule has 118 valence electrons. The highest BCUT2D eigenvalue weighted by atomic mass is 16.2. The van der Waals surface area contributed by atoms with Gasteiger partial charge in [-0.05, 0) is 50.3 Å². The van der Waals surface area contributed by atoms with Crippen LogP contribution in [0, 0.1) is 17.2 Å². The van der Waals surface area contributed by atoms with E-state index in [1.165, 1.54) is 32.1 Å². The van der Waals surface area contributed by atoms with Crippen molar-refractivity contribution in [2.75, 3.05) is 0 Å². The summed E-state index contributed by atoms with van der Waals surface area (Å²) in [7, 11) is 0. The lowest BCUT2D eigenvalue weighted by atomic mass is 9.86. The number of nitrogens with zero attached hydrogens (tertiary/aromatic N) is 2. The van der Waals surface area contributed by atoms with Crippen molar-refractivity contribution >= 4 is 5.91 Å². The molecule has 3 heteroatoms. The van der Waals surface area contributed by atoms with Crippen LogP contribution in [0.1, 0.15) is 63.5 Å². The number of benzene rings is 1. The molecule has 0 saturated heterocycles. The van der Waals surface area contributed by atoms with E-state index in [0.29, 0.717) is 24.4 Å². The van der Waals surface area contributed by atoms with Crippen molar-refractivity contribution in [3.05, 3.63) is 35.4 Å². The average Bonchev–Trinajstić information content (AvgIpc) is 2.53. The van der Waals surface area contributed by atoms with E-state index >= 15 is 0 Å². The van der Waals surface area contributed by atoms with E-state index < -0.39 is 0 Å². The van der Waals surface area contributed by atoms with Crippen LogP contribution in [0.3, 0.4) is 0 Å². The lowest BCUT2D eigenvalue weighted by Crippen LogP contribution is -2.37. The molecular formula is C19H26N2O. The molecule has 1 aliphatic rings. The zero-order chi connectivity index (χ0) is 15.9. The lowest BCUT2D eigenvalue weighted by molar-refractivity contribution is -0.134. The van der Waals surface area contributed by atoms with Crippen molar-refractivity contribution in [2.24, 2.45) is 5.92 Å². The first-order valence-corrected chi connectivity index (χ1v) is 8.38. The van der Waals surface area contributed by atoms with Crippen molar-refractivity contribution in [1.82, 2.24) is 4.90 Å². The van der Waals surface area contributed by atoms with Crippen LogP contribution < -0.4 is 0 Å². The van der Waals surface area contributed by atoms with Gasteiger partial charge in [0.1, 0.15) is 0 Å². The normalized spacial score (nSPS) is 15.5. The second-order valence-corrected chi connectivity index (χ2v) is 6.63. The fourth-order valence-electron chi connectivity index (χ4n) is 3.20. The highest BCUT2D eigenvalue weighted by molar-refractivity contribution is 5.76. The molecule has 0 radical (unpaired) electrons. The van der Waals surface area contributed by atoms with Gasteiger partial charge < -0.3 is 4.90 Å². The summed E-state index contributed by atoms with van der Waals surface area (Å²) in [5, 5.41) is 8.85. The third kappa shape index (κ3) is 4.59. The maximum atomic E-state index is 12.7. The monoisotopic (exact) mass is 298 g/mol. The minimum Gasteiger partial charge on any atom is -0.336 e. The van der Waals surface area contributed by atoms with E-state index in [2.05, 4.69) is 19.9 Å². The third-order valence-corrected chi connectivity index (χ3v) is 4.57. The molecule has 1 aliphatic carbocycles. The van der Waals surface area contributed by atoms with Crippen molar-refractivity contribution in [2.45, 2.75) is 65.0 Å². The van der Waals surface area contributed by atoms with Gasteiger partial charge >= 0.3 is 0 Å². The summed E-state index contributed by atoms with van der Waals surface area (Å²) in [6, 6.07) is 9.86. The molecule has 0 bridgehead atoms. The number of carbonyl (C=O) groups excluding carboxylic acids is 1. The van der Waals surface area contributed by atoms with Crippen LogP contribution in [0.25, 0.3) is 0 Å². The number of rotatable bonds is 5. The molecule has 0 spiro atoms. The summed E-state index contributed by atoms with van der Waals surface area (Å²) < 4.78 is 0. The molecule has 22 heavy (non-hydrogen) atoms. The average molecular weight is 298 g/mol. The van der Waals surface area contributed by atoms with Gasteiger partial charge in [-0.1, -0.05) is 31.4 Å². The number of nitriles is 1. The Kier molecular flexibility index (Phi) is 6.00. The Hall–Kier alpha value is -1.82. The minimum absolute atomic E-state index is 0.201. The van der Waals surface area contributed by atoms with Gasteiger partial charge in [0, 0.05) is 19.0 Å². The van der Waals surface area contributed by atoms with Crippen LogP contribution in [0.2, 0.25) is 0 Å². The molecule has 0 N–H and O–H groups in total. The van der Waals surface area contributed by atoms with E-state index in [1.807, 2.05) is 29.2 Å². The summed E-state index contributed by atoms with van der Waals surface area (Å²) >= 11 is 0. The van der Waals surface area contributed by atoms with Gasteiger partial charge in [0.05, 0.1) is 11.6 Å². The van der Waals surface area contributed by atoms with Gasteiger partial charge in [-0.3, -0.25) is 4.79 Å². The molecule has 3 nitrogen and oxygen atoms in total. The SMILES string of the molecule is CC(C)N(Cc1ccc(C#N)cc1)C(=O)CC1CCCCC1. The fourth-order valence-corrected chi connectivity index (χ4v) is 3.20. The molecule has 0 atom stereocenters. The van der Waals surface area contributed by atoms with Crippen LogP contribution in [0.4, 0.5) is 0 Å². The van der Waals surface area contributed by atoms with E-state index in [4.69, 9.17) is 5.26 Å². The zero-order valence-corrected chi connectivity index (χ0v) is 13.7. The molecule has 0 heterocycles. The standard InChI is InChI=1S/C19H26N2O/c1-15(2)21(14-18-10-8-17(13-20)9-11-18)19(22)12-16-6-4-3-5-7-16/h8-11,15-16H,3-7,12,14H2,1-2H3. The Morgan fingerprint density at radius 2 is 1.86 bits per heavy atom. The molecule has 1 amide bonds. The summed E-state index contributed by atoms with van der Waals surface area (Å²) in [5.41, 5.74) is 1.75. The number of hydrogen-bond donors (Lipinski definition) is 0. The Labute approximate surface area is 133 Å². The van der Waals surface area contributed by atoms with E-state index in [9.17, 15) is 4.79 Å². The van der Waals surface area contributed by atoms with Crippen LogP contribution in [0.5, 0.6) is 0 Å². The van der Waals surface area contributed by atoms with Crippen LogP contribution >= 0.6 is 0 Å². The molecular weight excluding hydrogens is 272 g/mol. The van der Waals surface area contributed by atoms with Gasteiger partial charge in [0.2, 0.25) is 5.91 Å². The maximum absolute atomic E-state index is 12.7. The molecule has 2 rings (SSSR count). The summed E-state index contributed by atoms with van der Waals surface area (Å²) in [6.45, 7) is 4.78. The van der Waals surface area contributed by atoms with Gasteiger partial charge in [-0.25, -0.2) is 0 Å². The molecule has 1 saturated carbocycles. The van der Waals surface area contributed by atoms with Crippen molar-refractivity contribution in [3.8, 4) is 6.07 Å². The molecule has 0 aromatic heterocycles. The summed E-state index contributed by atoms with van der Waals surface area (Å²) in [4.78, 5) is 14.6. The van der Waals surface area contributed by atoms with Gasteiger partial charge in [0.15, 0.2) is 0 Å². The van der Waals surface area contributed by atoms with E-state index in [-0.39, 0.29) is 11.9 Å². The van der Waals surface area contributed by atoms with Gasteiger partial charge in [-0.15, -0.1) is 0 Å². The quantitative estimate of drug-likeness (QED) is 0.815. The predicted molar refractivity (Wildman–Crippen MR) is 88.0 cm³/mol. The Balaban J connectivity index is 1.98. The second-order valence-electron chi connectivity index (χ2n) is 6.63. The number of amides is 1. The number of hydrogen-bond acceptors (Lipinski definition) is 2. The Bertz CT molecular complexity index is 521. The largest absolute Gasteiger partial charge is 0.336 e. The maximum Gasteiger partial charge on any atom is 0.223 e. The predicted octanol–water partition coefficient (Wildman–Crippen LogP) is 4.27. The summed E-state index contributed by atoms with van der Waals surface area (Å²) in [6.07, 6.45) is 6.96. The first kappa shape index (κ1) is 16.5. The topological polar surface area (TPSA) is 44.1 Å². The Morgan fingerprint density at radius 1 is 1.23 bits per heavy atom. The summed E-state index contributed by atoms with van der Waals surface area (Å²) in [5.74, 6) is 0.842. The first-order valence-electron chi connectivity index (χ1n) is 8.38. The van der Waals surface area contributed by atoms with E-state index in [0.717, 1.165) is 5.56 Å². The van der Waals surface area contributed by atoms with Gasteiger partial charge in [-0.2, -0.15) is 5.26 Å². The highest BCUT2D eigenvalue weighted by Crippen LogP contribution is 2.27. The fraction of sp³-hybridized carbons (Fsp3) is 0.579. The molecule has 1 aromatic rings. The van der Waals surface area contributed by atoms with Crippen molar-refractivity contribution in [3.63, 3.8) is 0 Å². The third-order valence-electron chi connectivity index (χ3n) is 4.57. The van der Waals surface area contributed by atoms with Crippen molar-refractivity contribution < 1.29 is 4.79 Å². The number of carbonyl (C=O) groups is 1. The zero-order valence-electron chi connectivity index (χ0n) is 13.7. The van der Waals surface area contributed by atoms with Crippen molar-refractivity contribution in [1.29, 1.82) is 5.26 Å². The second kappa shape index (κ2) is 7.98. The minimum atomic E-state index is 0.201. The van der Waals surface area contributed by atoms with Crippen LogP contribution in [-0.2, 0) is 11.3 Å². The Morgan fingerprint density at radius 3 is 2.41 bits per heavy atom. The highest BCUT2D eigenvalue weighted by Gasteiger charge is 2.22. The van der Waals surface area contributed by atoms with Gasteiger partial charge in [0.25, 0.3) is 0 Å². The van der Waals surface area contributed by atoms with Crippen LogP contribution in [0.15, 0.2) is 24.3 Å².